The number of hydrogen-bond donors (Lipinski definition) is 1. The fourth-order valence-corrected chi connectivity index (χ4v) is 2.27. The number of nitrogens with two attached hydrogens (primary N) is 1. The van der Waals surface area contributed by atoms with Crippen LogP contribution in [0.3, 0.4) is 0 Å². The zero-order valence-electron chi connectivity index (χ0n) is 11.9. The Balaban J connectivity index is 2.70. The highest BCUT2D eigenvalue weighted by atomic mass is 15.1. The summed E-state index contributed by atoms with van der Waals surface area (Å²) in [4.78, 5) is 4.76. The monoisotopic (exact) mass is 245 g/mol. The summed E-state index contributed by atoms with van der Waals surface area (Å²) >= 11 is 0. The molecule has 1 atom stereocenters. The first kappa shape index (κ1) is 12.9. The zero-order valence-corrected chi connectivity index (χ0v) is 11.9. The van der Waals surface area contributed by atoms with Gasteiger partial charge >= 0.3 is 0 Å². The lowest BCUT2D eigenvalue weighted by molar-refractivity contribution is 0.401. The molecule has 2 N–H and O–H groups in total. The third-order valence-electron chi connectivity index (χ3n) is 3.63. The standard InChI is InChI=1S/C15H23N3/c1-9(2)11(5)18-14-7-6-12(16)8-13(14)17-15(18)10(3)4/h6-11H,16H2,1-5H3. The molecule has 3 heteroatoms. The van der Waals surface area contributed by atoms with Gasteiger partial charge in [-0.05, 0) is 31.0 Å². The summed E-state index contributed by atoms with van der Waals surface area (Å²) in [5, 5.41) is 0. The van der Waals surface area contributed by atoms with Crippen LogP contribution in [0, 0.1) is 5.92 Å². The first-order valence-electron chi connectivity index (χ1n) is 6.69. The van der Waals surface area contributed by atoms with E-state index in [4.69, 9.17) is 10.7 Å². The molecule has 0 bridgehead atoms. The maximum atomic E-state index is 5.85. The van der Waals surface area contributed by atoms with Crippen molar-refractivity contribution >= 4 is 16.7 Å². The van der Waals surface area contributed by atoms with E-state index in [0.717, 1.165) is 17.0 Å². The summed E-state index contributed by atoms with van der Waals surface area (Å²) in [5.74, 6) is 2.15. The second kappa shape index (κ2) is 4.63. The van der Waals surface area contributed by atoms with E-state index in [1.54, 1.807) is 0 Å². The van der Waals surface area contributed by atoms with Crippen molar-refractivity contribution in [1.82, 2.24) is 9.55 Å². The fourth-order valence-electron chi connectivity index (χ4n) is 2.27. The molecule has 3 nitrogen and oxygen atoms in total. The largest absolute Gasteiger partial charge is 0.399 e. The van der Waals surface area contributed by atoms with Crippen molar-refractivity contribution in [3.8, 4) is 0 Å². The van der Waals surface area contributed by atoms with Gasteiger partial charge in [0.15, 0.2) is 0 Å². The molecule has 0 saturated heterocycles. The molecule has 0 aliphatic rings. The predicted octanol–water partition coefficient (Wildman–Crippen LogP) is 3.96. The summed E-state index contributed by atoms with van der Waals surface area (Å²) < 4.78 is 2.37. The van der Waals surface area contributed by atoms with E-state index >= 15 is 0 Å². The van der Waals surface area contributed by atoms with E-state index in [0.29, 0.717) is 17.9 Å². The van der Waals surface area contributed by atoms with Gasteiger partial charge in [0.2, 0.25) is 0 Å². The summed E-state index contributed by atoms with van der Waals surface area (Å²) in [7, 11) is 0. The number of anilines is 1. The Bertz CT molecular complexity index is 552. The molecular weight excluding hydrogens is 222 g/mol. The molecule has 1 aromatic heterocycles. The Morgan fingerprint density at radius 3 is 2.33 bits per heavy atom. The Hall–Kier alpha value is -1.51. The topological polar surface area (TPSA) is 43.8 Å². The molecule has 0 aliphatic carbocycles. The van der Waals surface area contributed by atoms with Crippen molar-refractivity contribution in [1.29, 1.82) is 0 Å². The van der Waals surface area contributed by atoms with Crippen molar-refractivity contribution in [2.24, 2.45) is 5.92 Å². The second-order valence-electron chi connectivity index (χ2n) is 5.73. The molecule has 0 saturated carbocycles. The van der Waals surface area contributed by atoms with Gasteiger partial charge in [0.05, 0.1) is 11.0 Å². The molecule has 1 unspecified atom stereocenters. The summed E-state index contributed by atoms with van der Waals surface area (Å²) in [6.45, 7) is 11.1. The average molecular weight is 245 g/mol. The highest BCUT2D eigenvalue weighted by Crippen LogP contribution is 2.30. The zero-order chi connectivity index (χ0) is 13.4. The molecule has 1 heterocycles. The molecule has 2 rings (SSSR count). The molecule has 0 aliphatic heterocycles. The number of rotatable bonds is 3. The highest BCUT2D eigenvalue weighted by Gasteiger charge is 2.19. The van der Waals surface area contributed by atoms with Crippen LogP contribution in [-0.4, -0.2) is 9.55 Å². The third kappa shape index (κ3) is 2.09. The third-order valence-corrected chi connectivity index (χ3v) is 3.63. The lowest BCUT2D eigenvalue weighted by atomic mass is 10.0. The lowest BCUT2D eigenvalue weighted by Crippen LogP contribution is -2.15. The van der Waals surface area contributed by atoms with Crippen LogP contribution in [0.5, 0.6) is 0 Å². The van der Waals surface area contributed by atoms with Crippen LogP contribution in [0.15, 0.2) is 18.2 Å². The van der Waals surface area contributed by atoms with Gasteiger partial charge < -0.3 is 10.3 Å². The normalized spacial score (nSPS) is 13.7. The first-order valence-corrected chi connectivity index (χ1v) is 6.69. The highest BCUT2D eigenvalue weighted by molar-refractivity contribution is 5.80. The predicted molar refractivity (Wildman–Crippen MR) is 77.8 cm³/mol. The van der Waals surface area contributed by atoms with Crippen LogP contribution in [0.1, 0.15) is 52.4 Å². The fraction of sp³-hybridized carbons (Fsp3) is 0.533. The van der Waals surface area contributed by atoms with Crippen molar-refractivity contribution in [2.75, 3.05) is 5.73 Å². The maximum Gasteiger partial charge on any atom is 0.112 e. The van der Waals surface area contributed by atoms with Gasteiger partial charge in [-0.25, -0.2) is 4.98 Å². The van der Waals surface area contributed by atoms with Crippen LogP contribution in [-0.2, 0) is 0 Å². The molecule has 18 heavy (non-hydrogen) atoms. The maximum absolute atomic E-state index is 5.85. The molecule has 98 valence electrons. The number of benzene rings is 1. The van der Waals surface area contributed by atoms with Crippen molar-refractivity contribution in [3.63, 3.8) is 0 Å². The Kier molecular flexibility index (Phi) is 3.33. The Morgan fingerprint density at radius 2 is 1.78 bits per heavy atom. The van der Waals surface area contributed by atoms with E-state index in [2.05, 4.69) is 45.3 Å². The average Bonchev–Trinajstić information content (AvgIpc) is 2.66. The second-order valence-corrected chi connectivity index (χ2v) is 5.73. The van der Waals surface area contributed by atoms with Crippen LogP contribution < -0.4 is 5.73 Å². The summed E-state index contributed by atoms with van der Waals surface area (Å²) in [5.41, 5.74) is 8.82. The van der Waals surface area contributed by atoms with Gasteiger partial charge in [-0.2, -0.15) is 0 Å². The van der Waals surface area contributed by atoms with Gasteiger partial charge in [0, 0.05) is 17.6 Å². The minimum atomic E-state index is 0.417. The molecule has 0 fully saturated rings. The van der Waals surface area contributed by atoms with E-state index in [-0.39, 0.29) is 0 Å². The Morgan fingerprint density at radius 1 is 1.11 bits per heavy atom. The molecule has 0 amide bonds. The van der Waals surface area contributed by atoms with Crippen molar-refractivity contribution in [2.45, 2.75) is 46.6 Å². The van der Waals surface area contributed by atoms with Gasteiger partial charge in [0.1, 0.15) is 5.82 Å². The number of nitrogens with zero attached hydrogens (tertiary/aromatic N) is 2. The molecule has 0 radical (unpaired) electrons. The first-order chi connectivity index (χ1) is 8.41. The van der Waals surface area contributed by atoms with E-state index in [9.17, 15) is 0 Å². The van der Waals surface area contributed by atoms with Gasteiger partial charge in [-0.1, -0.05) is 27.7 Å². The number of imidazole rings is 1. The number of hydrogen-bond acceptors (Lipinski definition) is 2. The van der Waals surface area contributed by atoms with Crippen LogP contribution in [0.25, 0.3) is 11.0 Å². The van der Waals surface area contributed by atoms with Gasteiger partial charge in [0.25, 0.3) is 0 Å². The molecule has 0 spiro atoms. The van der Waals surface area contributed by atoms with E-state index in [1.165, 1.54) is 5.52 Å². The smallest absolute Gasteiger partial charge is 0.112 e. The van der Waals surface area contributed by atoms with Crippen LogP contribution in [0.4, 0.5) is 5.69 Å². The Labute approximate surface area is 109 Å². The number of nitrogen functional groups attached to an aromatic ring is 1. The van der Waals surface area contributed by atoms with Crippen molar-refractivity contribution < 1.29 is 0 Å². The number of fused-ring (bicyclic) bond motifs is 1. The summed E-state index contributed by atoms with van der Waals surface area (Å²) in [6.07, 6.45) is 0. The number of aromatic nitrogens is 2. The minimum Gasteiger partial charge on any atom is -0.399 e. The SMILES string of the molecule is CC(C)c1nc2cc(N)ccc2n1C(C)C(C)C. The van der Waals surface area contributed by atoms with Crippen LogP contribution in [0.2, 0.25) is 0 Å². The van der Waals surface area contributed by atoms with E-state index in [1.807, 2.05) is 12.1 Å². The lowest BCUT2D eigenvalue weighted by Gasteiger charge is -2.22. The molecule has 2 aromatic rings. The molecular formula is C15H23N3. The van der Waals surface area contributed by atoms with Crippen LogP contribution >= 0.6 is 0 Å². The van der Waals surface area contributed by atoms with Crippen molar-refractivity contribution in [3.05, 3.63) is 24.0 Å². The van der Waals surface area contributed by atoms with Gasteiger partial charge in [-0.3, -0.25) is 0 Å². The minimum absolute atomic E-state index is 0.417. The van der Waals surface area contributed by atoms with Gasteiger partial charge in [-0.15, -0.1) is 0 Å². The summed E-state index contributed by atoms with van der Waals surface area (Å²) in [6, 6.07) is 6.45. The quantitative estimate of drug-likeness (QED) is 0.832. The van der Waals surface area contributed by atoms with E-state index < -0.39 is 0 Å². The molecule has 1 aromatic carbocycles.